The number of ether oxygens (including phenoxy) is 2. The third-order valence-corrected chi connectivity index (χ3v) is 8.41. The molecule has 1 N–H and O–H groups in total. The molecule has 0 radical (unpaired) electrons. The Morgan fingerprint density at radius 1 is 1.18 bits per heavy atom. The number of carbonyl (C=O) groups excluding carboxylic acids is 2. The molecule has 1 aliphatic heterocycles. The Hall–Kier alpha value is -3.41. The zero-order valence-electron chi connectivity index (χ0n) is 25.6. The van der Waals surface area contributed by atoms with Gasteiger partial charge in [0, 0.05) is 53.8 Å². The number of nitrogens with one attached hydrogen (secondary N) is 1. The Morgan fingerprint density at radius 3 is 2.64 bits per heavy atom. The molecule has 2 heterocycles. The topological polar surface area (TPSA) is 80.8 Å². The van der Waals surface area contributed by atoms with Crippen molar-refractivity contribution in [2.45, 2.75) is 77.9 Å². The van der Waals surface area contributed by atoms with Gasteiger partial charge in [0.1, 0.15) is 11.6 Å². The smallest absolute Gasteiger partial charge is 0.431 e. The van der Waals surface area contributed by atoms with E-state index in [4.69, 9.17) is 9.72 Å². The van der Waals surface area contributed by atoms with Gasteiger partial charge < -0.3 is 19.7 Å². The molecule has 3 atom stereocenters. The first-order chi connectivity index (χ1) is 21.4. The van der Waals surface area contributed by atoms with Gasteiger partial charge in [-0.25, -0.2) is 9.37 Å². The lowest BCUT2D eigenvalue weighted by Gasteiger charge is -2.33. The first-order valence-corrected chi connectivity index (χ1v) is 16.0. The Bertz CT molecular complexity index is 1500. The van der Waals surface area contributed by atoms with Crippen molar-refractivity contribution in [3.8, 4) is 5.75 Å². The van der Waals surface area contributed by atoms with Gasteiger partial charge in [-0.2, -0.15) is 0 Å². The number of piperidine rings is 1. The second-order valence-electron chi connectivity index (χ2n) is 11.5. The van der Waals surface area contributed by atoms with Gasteiger partial charge in [0.15, 0.2) is 0 Å². The molecular formula is C33H38BrF4N3O4. The number of aromatic nitrogens is 1. The van der Waals surface area contributed by atoms with Gasteiger partial charge >= 0.3 is 12.3 Å². The molecule has 3 aromatic rings. The molecule has 2 aromatic carbocycles. The Labute approximate surface area is 268 Å². The molecule has 4 rings (SSSR count). The van der Waals surface area contributed by atoms with Crippen LogP contribution in [0.15, 0.2) is 46.9 Å². The van der Waals surface area contributed by atoms with E-state index in [2.05, 4.69) is 37.8 Å². The second kappa shape index (κ2) is 15.2. The van der Waals surface area contributed by atoms with Crippen LogP contribution in [0.5, 0.6) is 5.75 Å². The zero-order valence-corrected chi connectivity index (χ0v) is 27.1. The van der Waals surface area contributed by atoms with Gasteiger partial charge in [0.2, 0.25) is 6.36 Å². The number of hydrogen-bond donors (Lipinski definition) is 1. The van der Waals surface area contributed by atoms with Gasteiger partial charge in [0.25, 0.3) is 5.91 Å². The van der Waals surface area contributed by atoms with E-state index in [1.807, 2.05) is 25.1 Å². The number of rotatable bonds is 12. The van der Waals surface area contributed by atoms with Crippen molar-refractivity contribution < 1.29 is 36.6 Å². The van der Waals surface area contributed by atoms with Crippen LogP contribution in [-0.2, 0) is 9.53 Å². The highest BCUT2D eigenvalue weighted by Gasteiger charge is 2.33. The van der Waals surface area contributed by atoms with Crippen molar-refractivity contribution in [2.75, 3.05) is 24.5 Å². The van der Waals surface area contributed by atoms with E-state index < -0.39 is 36.3 Å². The van der Waals surface area contributed by atoms with E-state index in [1.54, 1.807) is 13.0 Å². The summed E-state index contributed by atoms with van der Waals surface area (Å²) in [7, 11) is 0. The van der Waals surface area contributed by atoms with Gasteiger partial charge in [-0.15, -0.1) is 13.2 Å². The third kappa shape index (κ3) is 9.31. The molecule has 0 aliphatic carbocycles. The first-order valence-electron chi connectivity index (χ1n) is 15.2. The standard InChI is InChI=1S/C33H38BrF4N3O4/c1-4-8-28(35)44-29(42)15-12-22(24-10-5-6-11-27(24)45-33(36,37)38)18-39-32(43)30-21(3)31(41-16-7-9-20(2)19-41)40-26-14-13-23(34)17-25(26)30/h5-6,10-11,13-14,17,20,22,28H,4,7-9,12,15-16,18-19H2,1-3H3,(H,39,43). The summed E-state index contributed by atoms with van der Waals surface area (Å²) >= 11 is 3.48. The number of pyridine rings is 1. The molecule has 1 saturated heterocycles. The Morgan fingerprint density at radius 2 is 1.93 bits per heavy atom. The van der Waals surface area contributed by atoms with Crippen LogP contribution >= 0.6 is 15.9 Å². The maximum absolute atomic E-state index is 14.0. The Balaban J connectivity index is 1.65. The van der Waals surface area contributed by atoms with E-state index in [0.717, 1.165) is 36.2 Å². The number of carbonyl (C=O) groups is 2. The van der Waals surface area contributed by atoms with Crippen LogP contribution < -0.4 is 15.0 Å². The van der Waals surface area contributed by atoms with E-state index in [1.165, 1.54) is 18.2 Å². The van der Waals surface area contributed by atoms with Crippen LogP contribution in [0.4, 0.5) is 23.4 Å². The molecule has 244 valence electrons. The van der Waals surface area contributed by atoms with Crippen LogP contribution in [0, 0.1) is 12.8 Å². The fourth-order valence-corrected chi connectivity index (χ4v) is 6.15. The number of anilines is 1. The Kier molecular flexibility index (Phi) is 11.7. The summed E-state index contributed by atoms with van der Waals surface area (Å²) in [5.41, 5.74) is 1.89. The maximum Gasteiger partial charge on any atom is 0.573 e. The van der Waals surface area contributed by atoms with E-state index >= 15 is 0 Å². The molecule has 1 aliphatic rings. The summed E-state index contributed by atoms with van der Waals surface area (Å²) in [6.45, 7) is 7.28. The number of esters is 1. The highest BCUT2D eigenvalue weighted by molar-refractivity contribution is 9.10. The van der Waals surface area contributed by atoms with Crippen molar-refractivity contribution in [3.05, 3.63) is 63.6 Å². The number of benzene rings is 2. The number of hydrogen-bond acceptors (Lipinski definition) is 6. The minimum absolute atomic E-state index is 0.0191. The summed E-state index contributed by atoms with van der Waals surface area (Å²) in [4.78, 5) is 33.5. The number of para-hydroxylation sites is 1. The van der Waals surface area contributed by atoms with Crippen molar-refractivity contribution >= 4 is 44.5 Å². The van der Waals surface area contributed by atoms with Gasteiger partial charge in [-0.05, 0) is 68.4 Å². The van der Waals surface area contributed by atoms with E-state index in [9.17, 15) is 27.2 Å². The number of alkyl halides is 4. The molecule has 3 unspecified atom stereocenters. The first kappa shape index (κ1) is 34.5. The summed E-state index contributed by atoms with van der Waals surface area (Å²) in [6, 6.07) is 11.1. The van der Waals surface area contributed by atoms with Crippen molar-refractivity contribution in [3.63, 3.8) is 0 Å². The summed E-state index contributed by atoms with van der Waals surface area (Å²) in [5.74, 6) is -1.29. The number of halogens is 5. The SMILES string of the molecule is CCCC(F)OC(=O)CCC(CNC(=O)c1c(C)c(N2CCCC(C)C2)nc2ccc(Br)cc12)c1ccccc1OC(F)(F)F. The molecule has 12 heteroatoms. The fourth-order valence-electron chi connectivity index (χ4n) is 5.79. The molecule has 1 amide bonds. The fraction of sp³-hybridized carbons (Fsp3) is 0.485. The van der Waals surface area contributed by atoms with Crippen LogP contribution in [0.2, 0.25) is 0 Å². The summed E-state index contributed by atoms with van der Waals surface area (Å²) in [6.07, 6.45) is -4.37. The molecule has 0 saturated carbocycles. The average molecular weight is 697 g/mol. The van der Waals surface area contributed by atoms with Gasteiger partial charge in [-0.1, -0.05) is 48.0 Å². The molecule has 7 nitrogen and oxygen atoms in total. The third-order valence-electron chi connectivity index (χ3n) is 7.91. The number of nitrogens with zero attached hydrogens (tertiary/aromatic N) is 2. The molecule has 0 bridgehead atoms. The maximum atomic E-state index is 14.0. The molecule has 1 fully saturated rings. The average Bonchev–Trinajstić information content (AvgIpc) is 2.96. The van der Waals surface area contributed by atoms with E-state index in [0.29, 0.717) is 34.4 Å². The van der Waals surface area contributed by atoms with Crippen LogP contribution in [0.3, 0.4) is 0 Å². The van der Waals surface area contributed by atoms with Gasteiger partial charge in [-0.3, -0.25) is 9.59 Å². The predicted octanol–water partition coefficient (Wildman–Crippen LogP) is 8.37. The number of amides is 1. The van der Waals surface area contributed by atoms with Gasteiger partial charge in [0.05, 0.1) is 11.1 Å². The number of fused-ring (bicyclic) bond motifs is 1. The normalized spacial score (nSPS) is 16.7. The quantitative estimate of drug-likeness (QED) is 0.152. The van der Waals surface area contributed by atoms with Crippen LogP contribution in [-0.4, -0.2) is 49.2 Å². The second-order valence-corrected chi connectivity index (χ2v) is 12.4. The molecular weight excluding hydrogens is 658 g/mol. The van der Waals surface area contributed by atoms with E-state index in [-0.39, 0.29) is 31.4 Å². The van der Waals surface area contributed by atoms with Crippen LogP contribution in [0.25, 0.3) is 10.9 Å². The lowest BCUT2D eigenvalue weighted by atomic mass is 9.92. The molecule has 1 aromatic heterocycles. The molecule has 45 heavy (non-hydrogen) atoms. The summed E-state index contributed by atoms with van der Waals surface area (Å²) < 4.78 is 63.6. The highest BCUT2D eigenvalue weighted by atomic mass is 79.9. The van der Waals surface area contributed by atoms with Crippen LogP contribution in [0.1, 0.15) is 79.8 Å². The predicted molar refractivity (Wildman–Crippen MR) is 168 cm³/mol. The molecule has 0 spiro atoms. The monoisotopic (exact) mass is 695 g/mol. The van der Waals surface area contributed by atoms with Crippen molar-refractivity contribution in [1.29, 1.82) is 0 Å². The largest absolute Gasteiger partial charge is 0.573 e. The summed E-state index contributed by atoms with van der Waals surface area (Å²) in [5, 5.41) is 3.52. The van der Waals surface area contributed by atoms with Crippen molar-refractivity contribution in [2.24, 2.45) is 5.92 Å². The zero-order chi connectivity index (χ0) is 32.7. The lowest BCUT2D eigenvalue weighted by Crippen LogP contribution is -2.36. The minimum Gasteiger partial charge on any atom is -0.431 e. The van der Waals surface area contributed by atoms with Crippen molar-refractivity contribution in [1.82, 2.24) is 10.3 Å². The minimum atomic E-state index is -4.95. The lowest BCUT2D eigenvalue weighted by molar-refractivity contribution is -0.275. The highest BCUT2D eigenvalue weighted by Crippen LogP contribution is 2.35.